The zero-order valence-electron chi connectivity index (χ0n) is 8.75. The number of esters is 1. The molecule has 0 aromatic heterocycles. The van der Waals surface area contributed by atoms with Crippen molar-refractivity contribution in [3.05, 3.63) is 0 Å². The number of ether oxygens (including phenoxy) is 1. The van der Waals surface area contributed by atoms with Crippen molar-refractivity contribution in [2.45, 2.75) is 32.7 Å². The molecule has 2 atom stereocenters. The van der Waals surface area contributed by atoms with Gasteiger partial charge in [-0.2, -0.15) is 0 Å². The highest BCUT2D eigenvalue weighted by Gasteiger charge is 2.24. The summed E-state index contributed by atoms with van der Waals surface area (Å²) in [4.78, 5) is 13.3. The standard InChI is InChI=1S/C10H19NO2/c1-8-4-5-9(2)11(6-8)7-10(12)13-3/h8-9H,4-7H2,1-3H3. The number of carbonyl (C=O) groups excluding carboxylic acids is 1. The maximum Gasteiger partial charge on any atom is 0.319 e. The SMILES string of the molecule is COC(=O)CN1CC(C)CCC1C. The van der Waals surface area contributed by atoms with E-state index in [1.807, 2.05) is 0 Å². The van der Waals surface area contributed by atoms with Crippen LogP contribution in [0.1, 0.15) is 26.7 Å². The Morgan fingerprint density at radius 1 is 1.46 bits per heavy atom. The van der Waals surface area contributed by atoms with Crippen molar-refractivity contribution < 1.29 is 9.53 Å². The number of piperidine rings is 1. The van der Waals surface area contributed by atoms with Crippen LogP contribution >= 0.6 is 0 Å². The third-order valence-corrected chi connectivity index (χ3v) is 2.81. The zero-order chi connectivity index (χ0) is 9.84. The first-order chi connectivity index (χ1) is 6.13. The summed E-state index contributed by atoms with van der Waals surface area (Å²) in [6.45, 7) is 5.88. The molecule has 1 fully saturated rings. The van der Waals surface area contributed by atoms with Crippen LogP contribution in [0.3, 0.4) is 0 Å². The van der Waals surface area contributed by atoms with Crippen LogP contribution in [0.25, 0.3) is 0 Å². The molecule has 0 aromatic carbocycles. The van der Waals surface area contributed by atoms with E-state index >= 15 is 0 Å². The Morgan fingerprint density at radius 3 is 2.77 bits per heavy atom. The lowest BCUT2D eigenvalue weighted by atomic mass is 9.95. The monoisotopic (exact) mass is 185 g/mol. The minimum Gasteiger partial charge on any atom is -0.468 e. The Balaban J connectivity index is 2.41. The molecule has 1 heterocycles. The fraction of sp³-hybridized carbons (Fsp3) is 0.900. The van der Waals surface area contributed by atoms with Gasteiger partial charge < -0.3 is 4.74 Å². The molecule has 0 N–H and O–H groups in total. The molecular formula is C10H19NO2. The van der Waals surface area contributed by atoms with Crippen molar-refractivity contribution in [2.75, 3.05) is 20.2 Å². The Morgan fingerprint density at radius 2 is 2.15 bits per heavy atom. The van der Waals surface area contributed by atoms with Gasteiger partial charge in [0.2, 0.25) is 0 Å². The molecule has 0 aliphatic carbocycles. The van der Waals surface area contributed by atoms with Crippen LogP contribution in [0.5, 0.6) is 0 Å². The van der Waals surface area contributed by atoms with Crippen LogP contribution < -0.4 is 0 Å². The smallest absolute Gasteiger partial charge is 0.319 e. The Kier molecular flexibility index (Phi) is 3.72. The second-order valence-electron chi connectivity index (χ2n) is 4.04. The molecule has 1 aliphatic rings. The second kappa shape index (κ2) is 4.61. The van der Waals surface area contributed by atoms with E-state index in [-0.39, 0.29) is 5.97 Å². The highest BCUT2D eigenvalue weighted by Crippen LogP contribution is 2.20. The molecule has 2 unspecified atom stereocenters. The van der Waals surface area contributed by atoms with Crippen molar-refractivity contribution in [2.24, 2.45) is 5.92 Å². The normalized spacial score (nSPS) is 30.1. The van der Waals surface area contributed by atoms with E-state index in [4.69, 9.17) is 0 Å². The van der Waals surface area contributed by atoms with Gasteiger partial charge in [0.25, 0.3) is 0 Å². The lowest BCUT2D eigenvalue weighted by molar-refractivity contribution is -0.143. The van der Waals surface area contributed by atoms with Gasteiger partial charge in [-0.25, -0.2) is 0 Å². The van der Waals surface area contributed by atoms with E-state index < -0.39 is 0 Å². The van der Waals surface area contributed by atoms with E-state index in [0.29, 0.717) is 18.5 Å². The van der Waals surface area contributed by atoms with Gasteiger partial charge in [0.05, 0.1) is 13.7 Å². The summed E-state index contributed by atoms with van der Waals surface area (Å²) in [6, 6.07) is 0.523. The van der Waals surface area contributed by atoms with Gasteiger partial charge in [-0.3, -0.25) is 9.69 Å². The third kappa shape index (κ3) is 2.99. The van der Waals surface area contributed by atoms with Crippen LogP contribution in [0.15, 0.2) is 0 Å². The minimum absolute atomic E-state index is 0.124. The molecule has 13 heavy (non-hydrogen) atoms. The number of carbonyl (C=O) groups is 1. The molecule has 3 heteroatoms. The van der Waals surface area contributed by atoms with E-state index in [1.165, 1.54) is 20.0 Å². The summed E-state index contributed by atoms with van der Waals surface area (Å²) >= 11 is 0. The van der Waals surface area contributed by atoms with Gasteiger partial charge in [0, 0.05) is 12.6 Å². The van der Waals surface area contributed by atoms with Gasteiger partial charge in [-0.05, 0) is 25.7 Å². The molecule has 1 aliphatic heterocycles. The van der Waals surface area contributed by atoms with Crippen molar-refractivity contribution in [1.82, 2.24) is 4.90 Å². The third-order valence-electron chi connectivity index (χ3n) is 2.81. The molecular weight excluding hydrogens is 166 g/mol. The number of nitrogens with zero attached hydrogens (tertiary/aromatic N) is 1. The fourth-order valence-corrected chi connectivity index (χ4v) is 1.83. The summed E-state index contributed by atoms with van der Waals surface area (Å²) in [5, 5.41) is 0. The average Bonchev–Trinajstić information content (AvgIpc) is 2.11. The Bertz CT molecular complexity index is 182. The number of likely N-dealkylation sites (tertiary alicyclic amines) is 1. The molecule has 0 amide bonds. The largest absolute Gasteiger partial charge is 0.468 e. The van der Waals surface area contributed by atoms with Gasteiger partial charge >= 0.3 is 5.97 Å². The van der Waals surface area contributed by atoms with Gasteiger partial charge in [-0.15, -0.1) is 0 Å². The molecule has 1 saturated heterocycles. The Hall–Kier alpha value is -0.570. The first-order valence-corrected chi connectivity index (χ1v) is 4.94. The number of methoxy groups -OCH3 is 1. The van der Waals surface area contributed by atoms with Crippen molar-refractivity contribution in [3.8, 4) is 0 Å². The maximum atomic E-state index is 11.1. The summed E-state index contributed by atoms with van der Waals surface area (Å²) < 4.78 is 4.66. The molecule has 0 spiro atoms. The topological polar surface area (TPSA) is 29.5 Å². The number of rotatable bonds is 2. The van der Waals surface area contributed by atoms with Crippen LogP contribution in [0.4, 0.5) is 0 Å². The molecule has 0 bridgehead atoms. The highest BCUT2D eigenvalue weighted by molar-refractivity contribution is 5.71. The quantitative estimate of drug-likeness (QED) is 0.607. The van der Waals surface area contributed by atoms with Crippen LogP contribution in [0, 0.1) is 5.92 Å². The molecule has 1 rings (SSSR count). The van der Waals surface area contributed by atoms with Crippen LogP contribution in [-0.2, 0) is 9.53 Å². The molecule has 76 valence electrons. The summed E-state index contributed by atoms with van der Waals surface area (Å²) in [6.07, 6.45) is 2.47. The van der Waals surface area contributed by atoms with Gasteiger partial charge in [-0.1, -0.05) is 6.92 Å². The molecule has 0 radical (unpaired) electrons. The van der Waals surface area contributed by atoms with Crippen molar-refractivity contribution >= 4 is 5.97 Å². The van der Waals surface area contributed by atoms with E-state index in [0.717, 1.165) is 6.54 Å². The average molecular weight is 185 g/mol. The fourth-order valence-electron chi connectivity index (χ4n) is 1.83. The van der Waals surface area contributed by atoms with Crippen molar-refractivity contribution in [1.29, 1.82) is 0 Å². The van der Waals surface area contributed by atoms with E-state index in [9.17, 15) is 4.79 Å². The zero-order valence-corrected chi connectivity index (χ0v) is 8.75. The molecule has 0 aromatic rings. The first-order valence-electron chi connectivity index (χ1n) is 4.94. The summed E-state index contributed by atoms with van der Waals surface area (Å²) in [5.74, 6) is 0.585. The predicted octanol–water partition coefficient (Wildman–Crippen LogP) is 1.28. The van der Waals surface area contributed by atoms with Crippen LogP contribution in [-0.4, -0.2) is 37.1 Å². The molecule has 3 nitrogen and oxygen atoms in total. The van der Waals surface area contributed by atoms with E-state index in [2.05, 4.69) is 23.5 Å². The highest BCUT2D eigenvalue weighted by atomic mass is 16.5. The maximum absolute atomic E-state index is 11.1. The van der Waals surface area contributed by atoms with Gasteiger partial charge in [0.15, 0.2) is 0 Å². The van der Waals surface area contributed by atoms with Crippen molar-refractivity contribution in [3.63, 3.8) is 0 Å². The van der Waals surface area contributed by atoms with E-state index in [1.54, 1.807) is 0 Å². The number of hydrogen-bond acceptors (Lipinski definition) is 3. The lowest BCUT2D eigenvalue weighted by Crippen LogP contribution is -2.44. The second-order valence-corrected chi connectivity index (χ2v) is 4.04. The lowest BCUT2D eigenvalue weighted by Gasteiger charge is -2.35. The Labute approximate surface area is 80.1 Å². The molecule has 0 saturated carbocycles. The summed E-state index contributed by atoms with van der Waals surface area (Å²) in [5.41, 5.74) is 0. The predicted molar refractivity (Wildman–Crippen MR) is 51.4 cm³/mol. The van der Waals surface area contributed by atoms with Crippen LogP contribution in [0.2, 0.25) is 0 Å². The minimum atomic E-state index is -0.124. The van der Waals surface area contributed by atoms with Gasteiger partial charge in [0.1, 0.15) is 0 Å². The first kappa shape index (κ1) is 10.5. The number of hydrogen-bond donors (Lipinski definition) is 0. The summed E-state index contributed by atoms with van der Waals surface area (Å²) in [7, 11) is 1.44.